The summed E-state index contributed by atoms with van der Waals surface area (Å²) in [5, 5.41) is 5.69. The first kappa shape index (κ1) is 20.4. The van der Waals surface area contributed by atoms with Gasteiger partial charge in [-0.25, -0.2) is 8.42 Å². The van der Waals surface area contributed by atoms with E-state index in [2.05, 4.69) is 20.3 Å². The quantitative estimate of drug-likeness (QED) is 0.630. The van der Waals surface area contributed by atoms with Crippen molar-refractivity contribution in [2.45, 2.75) is 30.6 Å². The number of hydrogen-bond acceptors (Lipinski definition) is 5. The van der Waals surface area contributed by atoms with E-state index in [0.29, 0.717) is 30.9 Å². The molecule has 24 heavy (non-hydrogen) atoms. The highest BCUT2D eigenvalue weighted by molar-refractivity contribution is 7.90. The van der Waals surface area contributed by atoms with Gasteiger partial charge in [0, 0.05) is 25.1 Å². The molecule has 0 aliphatic carbocycles. The second kappa shape index (κ2) is 9.61. The van der Waals surface area contributed by atoms with Gasteiger partial charge in [-0.05, 0) is 44.6 Å². The third-order valence-electron chi connectivity index (χ3n) is 3.39. The van der Waals surface area contributed by atoms with Gasteiger partial charge in [0.15, 0.2) is 0 Å². The molecule has 9 heteroatoms. The van der Waals surface area contributed by atoms with Crippen molar-refractivity contribution < 1.29 is 13.2 Å². The Morgan fingerprint density at radius 2 is 2.12 bits per heavy atom. The van der Waals surface area contributed by atoms with E-state index in [1.165, 1.54) is 12.1 Å². The van der Waals surface area contributed by atoms with Crippen molar-refractivity contribution in [1.29, 1.82) is 0 Å². The van der Waals surface area contributed by atoms with E-state index >= 15 is 0 Å². The van der Waals surface area contributed by atoms with E-state index in [-0.39, 0.29) is 23.2 Å². The summed E-state index contributed by atoms with van der Waals surface area (Å²) < 4.78 is 27.1. The maximum absolute atomic E-state index is 12.3. The molecule has 0 fully saturated rings. The molecule has 1 aliphatic rings. The SMILES string of the molecule is CNCCCC(=O)Nc1cccc(S(=O)(=O)NC2=NCCC2)c1.Cl. The van der Waals surface area contributed by atoms with Crippen molar-refractivity contribution in [2.24, 2.45) is 4.99 Å². The summed E-state index contributed by atoms with van der Waals surface area (Å²) in [6.45, 7) is 1.41. The first-order valence-corrected chi connectivity index (χ1v) is 9.10. The number of halogens is 1. The normalized spacial score (nSPS) is 13.8. The van der Waals surface area contributed by atoms with Crippen LogP contribution in [0.15, 0.2) is 34.2 Å². The molecule has 0 aromatic heterocycles. The first-order chi connectivity index (χ1) is 11.0. The fourth-order valence-electron chi connectivity index (χ4n) is 2.23. The zero-order chi connectivity index (χ0) is 16.7. The molecule has 1 amide bonds. The van der Waals surface area contributed by atoms with E-state index in [9.17, 15) is 13.2 Å². The number of carbonyl (C=O) groups excluding carboxylic acids is 1. The summed E-state index contributed by atoms with van der Waals surface area (Å²) in [6, 6.07) is 6.22. The second-order valence-corrected chi connectivity index (χ2v) is 7.00. The van der Waals surface area contributed by atoms with Crippen LogP contribution in [0.1, 0.15) is 25.7 Å². The second-order valence-electron chi connectivity index (χ2n) is 5.32. The molecule has 1 aromatic rings. The van der Waals surface area contributed by atoms with E-state index in [1.807, 2.05) is 7.05 Å². The van der Waals surface area contributed by atoms with Crippen LogP contribution in [0.3, 0.4) is 0 Å². The summed E-state index contributed by atoms with van der Waals surface area (Å²) in [5.74, 6) is 0.356. The van der Waals surface area contributed by atoms with Gasteiger partial charge in [-0.3, -0.25) is 14.5 Å². The third kappa shape index (κ3) is 6.10. The number of amides is 1. The number of nitrogens with one attached hydrogen (secondary N) is 3. The largest absolute Gasteiger partial charge is 0.326 e. The monoisotopic (exact) mass is 374 g/mol. The fourth-order valence-corrected chi connectivity index (χ4v) is 3.36. The lowest BCUT2D eigenvalue weighted by Gasteiger charge is -2.10. The van der Waals surface area contributed by atoms with Crippen molar-refractivity contribution in [2.75, 3.05) is 25.5 Å². The highest BCUT2D eigenvalue weighted by Gasteiger charge is 2.18. The molecule has 134 valence electrons. The molecule has 0 saturated carbocycles. The number of amidine groups is 1. The maximum atomic E-state index is 12.3. The number of hydrogen-bond donors (Lipinski definition) is 3. The predicted octanol–water partition coefficient (Wildman–Crippen LogP) is 1.52. The lowest BCUT2D eigenvalue weighted by Crippen LogP contribution is -2.29. The third-order valence-corrected chi connectivity index (χ3v) is 4.76. The van der Waals surface area contributed by atoms with Crippen molar-refractivity contribution in [3.63, 3.8) is 0 Å². The van der Waals surface area contributed by atoms with Gasteiger partial charge < -0.3 is 10.6 Å². The van der Waals surface area contributed by atoms with Crippen LogP contribution >= 0.6 is 12.4 Å². The number of nitrogens with zero attached hydrogens (tertiary/aromatic N) is 1. The Hall–Kier alpha value is -1.64. The highest BCUT2D eigenvalue weighted by atomic mass is 35.5. The lowest BCUT2D eigenvalue weighted by molar-refractivity contribution is -0.116. The number of aliphatic imine (C=N–C) groups is 1. The Morgan fingerprint density at radius 1 is 1.33 bits per heavy atom. The minimum Gasteiger partial charge on any atom is -0.326 e. The molecule has 0 atom stereocenters. The molecule has 7 nitrogen and oxygen atoms in total. The molecule has 1 aromatic carbocycles. The van der Waals surface area contributed by atoms with Crippen LogP contribution in [0.5, 0.6) is 0 Å². The molecule has 1 heterocycles. The Morgan fingerprint density at radius 3 is 2.79 bits per heavy atom. The Bertz CT molecular complexity index is 692. The number of benzene rings is 1. The van der Waals surface area contributed by atoms with Gasteiger partial charge >= 0.3 is 0 Å². The van der Waals surface area contributed by atoms with E-state index in [4.69, 9.17) is 0 Å². The molecule has 2 rings (SSSR count). The molecule has 0 saturated heterocycles. The van der Waals surface area contributed by atoms with Crippen molar-refractivity contribution in [3.8, 4) is 0 Å². The van der Waals surface area contributed by atoms with Crippen LogP contribution < -0.4 is 15.4 Å². The highest BCUT2D eigenvalue weighted by Crippen LogP contribution is 2.16. The van der Waals surface area contributed by atoms with Gasteiger partial charge in [-0.1, -0.05) is 6.07 Å². The molecule has 0 unspecified atom stereocenters. The van der Waals surface area contributed by atoms with Crippen LogP contribution in [0.25, 0.3) is 0 Å². The van der Waals surface area contributed by atoms with E-state index in [0.717, 1.165) is 19.4 Å². The number of rotatable bonds is 7. The van der Waals surface area contributed by atoms with Gasteiger partial charge in [0.1, 0.15) is 5.84 Å². The van der Waals surface area contributed by atoms with Crippen LogP contribution in [-0.2, 0) is 14.8 Å². The summed E-state index contributed by atoms with van der Waals surface area (Å²) in [6.07, 6.45) is 2.61. The summed E-state index contributed by atoms with van der Waals surface area (Å²) >= 11 is 0. The minimum absolute atomic E-state index is 0. The van der Waals surface area contributed by atoms with Gasteiger partial charge in [0.2, 0.25) is 5.91 Å². The smallest absolute Gasteiger partial charge is 0.262 e. The van der Waals surface area contributed by atoms with Crippen LogP contribution in [-0.4, -0.2) is 40.3 Å². The van der Waals surface area contributed by atoms with Crippen LogP contribution in [0.4, 0.5) is 5.69 Å². The topological polar surface area (TPSA) is 99.7 Å². The molecular weight excluding hydrogens is 352 g/mol. The zero-order valence-corrected chi connectivity index (χ0v) is 15.2. The summed E-state index contributed by atoms with van der Waals surface area (Å²) in [7, 11) is -1.84. The van der Waals surface area contributed by atoms with Crippen molar-refractivity contribution >= 4 is 39.9 Å². The van der Waals surface area contributed by atoms with Gasteiger partial charge in [-0.2, -0.15) is 0 Å². The van der Waals surface area contributed by atoms with E-state index < -0.39 is 10.0 Å². The first-order valence-electron chi connectivity index (χ1n) is 7.62. The summed E-state index contributed by atoms with van der Waals surface area (Å²) in [4.78, 5) is 16.0. The lowest BCUT2D eigenvalue weighted by atomic mass is 10.2. The molecule has 0 radical (unpaired) electrons. The van der Waals surface area contributed by atoms with Gasteiger partial charge in [0.05, 0.1) is 4.90 Å². The molecule has 3 N–H and O–H groups in total. The average Bonchev–Trinajstić information content (AvgIpc) is 3.00. The van der Waals surface area contributed by atoms with Crippen LogP contribution in [0, 0.1) is 0 Å². The molecule has 0 bridgehead atoms. The average molecular weight is 375 g/mol. The number of carbonyl (C=O) groups is 1. The molecular formula is C15H23ClN4O3S. The Kier molecular flexibility index (Phi) is 8.17. The Balaban J connectivity index is 0.00000288. The van der Waals surface area contributed by atoms with Crippen molar-refractivity contribution in [3.05, 3.63) is 24.3 Å². The standard InChI is InChI=1S/C15H22N4O3S.ClH/c1-16-9-4-8-15(20)18-12-5-2-6-13(11-12)23(21,22)19-14-7-3-10-17-14;/h2,5-6,11,16H,3-4,7-10H2,1H3,(H,17,19)(H,18,20);1H. The number of sulfonamides is 1. The van der Waals surface area contributed by atoms with Crippen LogP contribution in [0.2, 0.25) is 0 Å². The van der Waals surface area contributed by atoms with Gasteiger partial charge in [0.25, 0.3) is 10.0 Å². The van der Waals surface area contributed by atoms with E-state index in [1.54, 1.807) is 12.1 Å². The predicted molar refractivity (Wildman–Crippen MR) is 97.3 cm³/mol. The van der Waals surface area contributed by atoms with Crippen molar-refractivity contribution in [1.82, 2.24) is 10.0 Å². The summed E-state index contributed by atoms with van der Waals surface area (Å²) in [5.41, 5.74) is 0.468. The maximum Gasteiger partial charge on any atom is 0.262 e. The fraction of sp³-hybridized carbons (Fsp3) is 0.467. The minimum atomic E-state index is -3.66. The number of anilines is 1. The van der Waals surface area contributed by atoms with Gasteiger partial charge in [-0.15, -0.1) is 12.4 Å². The Labute approximate surface area is 148 Å². The zero-order valence-electron chi connectivity index (χ0n) is 13.5. The molecule has 1 aliphatic heterocycles. The molecule has 0 spiro atoms.